The van der Waals surface area contributed by atoms with E-state index >= 15 is 0 Å². The number of unbranched alkanes of at least 4 members (excludes halogenated alkanes) is 1. The van der Waals surface area contributed by atoms with Gasteiger partial charge < -0.3 is 10.4 Å². The SMILES string of the molecule is CCCC[C@H](NC(=O)c1ccc(CSc2ncn[nH]2)cc1)C(=O)O. The van der Waals surface area contributed by atoms with Crippen LogP contribution in [0.2, 0.25) is 0 Å². The summed E-state index contributed by atoms with van der Waals surface area (Å²) in [4.78, 5) is 27.4. The van der Waals surface area contributed by atoms with Crippen molar-refractivity contribution in [1.82, 2.24) is 20.5 Å². The van der Waals surface area contributed by atoms with Gasteiger partial charge in [0, 0.05) is 11.3 Å². The highest BCUT2D eigenvalue weighted by Crippen LogP contribution is 2.18. The van der Waals surface area contributed by atoms with E-state index in [1.807, 2.05) is 19.1 Å². The molecule has 24 heavy (non-hydrogen) atoms. The van der Waals surface area contributed by atoms with Gasteiger partial charge in [-0.25, -0.2) is 9.78 Å². The van der Waals surface area contributed by atoms with Gasteiger partial charge >= 0.3 is 5.97 Å². The first-order chi connectivity index (χ1) is 11.6. The van der Waals surface area contributed by atoms with Crippen molar-refractivity contribution in [3.8, 4) is 0 Å². The molecule has 0 saturated carbocycles. The third-order valence-corrected chi connectivity index (χ3v) is 4.38. The van der Waals surface area contributed by atoms with Crippen molar-refractivity contribution < 1.29 is 14.7 Å². The number of aliphatic carboxylic acids is 1. The summed E-state index contributed by atoms with van der Waals surface area (Å²) in [6, 6.07) is 6.24. The normalized spacial score (nSPS) is 11.9. The van der Waals surface area contributed by atoms with Crippen molar-refractivity contribution >= 4 is 23.6 Å². The van der Waals surface area contributed by atoms with Gasteiger partial charge in [0.1, 0.15) is 12.4 Å². The summed E-state index contributed by atoms with van der Waals surface area (Å²) < 4.78 is 0. The van der Waals surface area contributed by atoms with Gasteiger partial charge in [0.05, 0.1) is 0 Å². The average molecular weight is 348 g/mol. The zero-order chi connectivity index (χ0) is 17.4. The van der Waals surface area contributed by atoms with E-state index in [2.05, 4.69) is 20.5 Å². The van der Waals surface area contributed by atoms with E-state index in [4.69, 9.17) is 5.11 Å². The number of nitrogens with zero attached hydrogens (tertiary/aromatic N) is 2. The number of carbonyl (C=O) groups excluding carboxylic acids is 1. The lowest BCUT2D eigenvalue weighted by Gasteiger charge is -2.14. The molecule has 0 saturated heterocycles. The van der Waals surface area contributed by atoms with Crippen LogP contribution in [-0.2, 0) is 10.5 Å². The van der Waals surface area contributed by atoms with Crippen LogP contribution < -0.4 is 5.32 Å². The van der Waals surface area contributed by atoms with Gasteiger partial charge in [0.15, 0.2) is 5.16 Å². The van der Waals surface area contributed by atoms with Crippen molar-refractivity contribution in [3.63, 3.8) is 0 Å². The van der Waals surface area contributed by atoms with Crippen LogP contribution in [-0.4, -0.2) is 38.2 Å². The van der Waals surface area contributed by atoms with E-state index in [0.717, 1.165) is 23.6 Å². The molecule has 7 nitrogen and oxygen atoms in total. The zero-order valence-electron chi connectivity index (χ0n) is 13.4. The quantitative estimate of drug-likeness (QED) is 0.601. The van der Waals surface area contributed by atoms with Gasteiger partial charge in [-0.15, -0.1) is 0 Å². The molecule has 8 heteroatoms. The highest BCUT2D eigenvalue weighted by Gasteiger charge is 2.19. The number of hydrogen-bond donors (Lipinski definition) is 3. The third-order valence-electron chi connectivity index (χ3n) is 3.43. The second-order valence-corrected chi connectivity index (χ2v) is 6.25. The molecule has 2 aromatic rings. The summed E-state index contributed by atoms with van der Waals surface area (Å²) >= 11 is 1.51. The molecule has 2 rings (SSSR count). The van der Waals surface area contributed by atoms with Gasteiger partial charge in [-0.05, 0) is 24.1 Å². The summed E-state index contributed by atoms with van der Waals surface area (Å²) in [6.45, 7) is 1.98. The topological polar surface area (TPSA) is 108 Å². The van der Waals surface area contributed by atoms with Crippen LogP contribution in [0.15, 0.2) is 35.7 Å². The van der Waals surface area contributed by atoms with Crippen molar-refractivity contribution in [2.24, 2.45) is 0 Å². The van der Waals surface area contributed by atoms with Crippen LogP contribution in [0.3, 0.4) is 0 Å². The number of carbonyl (C=O) groups is 2. The molecule has 0 spiro atoms. The van der Waals surface area contributed by atoms with Crippen LogP contribution >= 0.6 is 11.8 Å². The zero-order valence-corrected chi connectivity index (χ0v) is 14.2. The van der Waals surface area contributed by atoms with E-state index < -0.39 is 12.0 Å². The van der Waals surface area contributed by atoms with Crippen LogP contribution in [0.1, 0.15) is 42.1 Å². The Morgan fingerprint density at radius 3 is 2.67 bits per heavy atom. The Bertz CT molecular complexity index is 658. The molecule has 0 aliphatic carbocycles. The van der Waals surface area contributed by atoms with Gasteiger partial charge in [-0.2, -0.15) is 5.10 Å². The number of aromatic nitrogens is 3. The second kappa shape index (κ2) is 9.07. The second-order valence-electron chi connectivity index (χ2n) is 5.28. The fraction of sp³-hybridized carbons (Fsp3) is 0.375. The predicted octanol–water partition coefficient (Wildman–Crippen LogP) is 2.47. The number of nitrogens with one attached hydrogen (secondary N) is 2. The van der Waals surface area contributed by atoms with Crippen LogP contribution in [0.4, 0.5) is 0 Å². The number of H-pyrrole nitrogens is 1. The van der Waals surface area contributed by atoms with Crippen molar-refractivity contribution in [2.75, 3.05) is 0 Å². The maximum absolute atomic E-state index is 12.2. The highest BCUT2D eigenvalue weighted by molar-refractivity contribution is 7.98. The molecular formula is C16H20N4O3S. The van der Waals surface area contributed by atoms with E-state index in [1.165, 1.54) is 18.1 Å². The molecule has 0 radical (unpaired) electrons. The van der Waals surface area contributed by atoms with Crippen molar-refractivity contribution in [3.05, 3.63) is 41.7 Å². The molecule has 0 aliphatic rings. The number of carboxylic acids is 1. The monoisotopic (exact) mass is 348 g/mol. The molecule has 0 unspecified atom stereocenters. The van der Waals surface area contributed by atoms with E-state index in [9.17, 15) is 9.59 Å². The van der Waals surface area contributed by atoms with Gasteiger partial charge in [-0.3, -0.25) is 9.89 Å². The Labute approximate surface area is 144 Å². The summed E-state index contributed by atoms with van der Waals surface area (Å²) in [7, 11) is 0. The summed E-state index contributed by atoms with van der Waals surface area (Å²) in [6.07, 6.45) is 3.53. The average Bonchev–Trinajstić information content (AvgIpc) is 3.10. The van der Waals surface area contributed by atoms with Crippen LogP contribution in [0.5, 0.6) is 0 Å². The molecule has 0 fully saturated rings. The standard InChI is InChI=1S/C16H20N4O3S/c1-2-3-4-13(15(22)23)19-14(21)12-7-5-11(6-8-12)9-24-16-17-10-18-20-16/h5-8,10,13H,2-4,9H2,1H3,(H,19,21)(H,22,23)(H,17,18,20)/t13-/m0/s1. The number of rotatable bonds is 9. The van der Waals surface area contributed by atoms with E-state index in [0.29, 0.717) is 17.7 Å². The van der Waals surface area contributed by atoms with Crippen LogP contribution in [0.25, 0.3) is 0 Å². The number of thioether (sulfide) groups is 1. The molecule has 3 N–H and O–H groups in total. The van der Waals surface area contributed by atoms with E-state index in [1.54, 1.807) is 12.1 Å². The highest BCUT2D eigenvalue weighted by atomic mass is 32.2. The molecule has 0 aliphatic heterocycles. The Balaban J connectivity index is 1.91. The minimum atomic E-state index is -1.00. The fourth-order valence-electron chi connectivity index (χ4n) is 2.08. The Morgan fingerprint density at radius 1 is 1.33 bits per heavy atom. The number of aromatic amines is 1. The maximum Gasteiger partial charge on any atom is 0.326 e. The summed E-state index contributed by atoms with van der Waals surface area (Å²) in [5.41, 5.74) is 1.49. The molecule has 1 aromatic heterocycles. The smallest absolute Gasteiger partial charge is 0.326 e. The number of amides is 1. The van der Waals surface area contributed by atoms with Crippen molar-refractivity contribution in [1.29, 1.82) is 0 Å². The predicted molar refractivity (Wildman–Crippen MR) is 90.8 cm³/mol. The van der Waals surface area contributed by atoms with Gasteiger partial charge in [-0.1, -0.05) is 43.7 Å². The Hall–Kier alpha value is -2.35. The van der Waals surface area contributed by atoms with Crippen LogP contribution in [0, 0.1) is 0 Å². The maximum atomic E-state index is 12.2. The first kappa shape index (κ1) is 18.0. The largest absolute Gasteiger partial charge is 0.480 e. The fourth-order valence-corrected chi connectivity index (χ4v) is 2.81. The summed E-state index contributed by atoms with van der Waals surface area (Å²) in [5, 5.41) is 19.0. The third kappa shape index (κ3) is 5.38. The molecule has 1 aromatic carbocycles. The van der Waals surface area contributed by atoms with Gasteiger partial charge in [0.2, 0.25) is 0 Å². The molecule has 1 heterocycles. The first-order valence-electron chi connectivity index (χ1n) is 7.71. The molecule has 1 amide bonds. The molecule has 128 valence electrons. The van der Waals surface area contributed by atoms with Gasteiger partial charge in [0.25, 0.3) is 5.91 Å². The van der Waals surface area contributed by atoms with E-state index in [-0.39, 0.29) is 5.91 Å². The molecule has 0 bridgehead atoms. The minimum Gasteiger partial charge on any atom is -0.480 e. The molecule has 1 atom stereocenters. The lowest BCUT2D eigenvalue weighted by Crippen LogP contribution is -2.40. The number of carboxylic acid groups (broad SMARTS) is 1. The lowest BCUT2D eigenvalue weighted by atomic mass is 10.1. The number of hydrogen-bond acceptors (Lipinski definition) is 5. The Kier molecular flexibility index (Phi) is 6.80. The Morgan fingerprint density at radius 2 is 2.08 bits per heavy atom. The summed E-state index contributed by atoms with van der Waals surface area (Å²) in [5.74, 6) is -0.671. The first-order valence-corrected chi connectivity index (χ1v) is 8.69. The number of benzene rings is 1. The minimum absolute atomic E-state index is 0.368. The lowest BCUT2D eigenvalue weighted by molar-refractivity contribution is -0.139. The van der Waals surface area contributed by atoms with Crippen molar-refractivity contribution in [2.45, 2.75) is 43.1 Å². The molecular weight excluding hydrogens is 328 g/mol.